The topological polar surface area (TPSA) is 29.5 Å². The zero-order valence-corrected chi connectivity index (χ0v) is 12.4. The largest absolute Gasteiger partial charge is 0.496 e. The predicted octanol–water partition coefficient (Wildman–Crippen LogP) is 3.30. The van der Waals surface area contributed by atoms with E-state index in [0.29, 0.717) is 12.3 Å². The van der Waals surface area contributed by atoms with E-state index >= 15 is 0 Å². The average Bonchev–Trinajstić information content (AvgIpc) is 2.47. The molecule has 3 heteroatoms. The molecule has 1 aromatic carbocycles. The number of hydrogen-bond donors (Lipinski definition) is 0. The van der Waals surface area contributed by atoms with E-state index in [2.05, 4.69) is 13.5 Å². The highest BCUT2D eigenvalue weighted by Crippen LogP contribution is 2.23. The lowest BCUT2D eigenvalue weighted by Crippen LogP contribution is -2.39. The fourth-order valence-electron chi connectivity index (χ4n) is 2.78. The first-order chi connectivity index (χ1) is 9.65. The van der Waals surface area contributed by atoms with Crippen LogP contribution in [0.25, 0.3) is 0 Å². The summed E-state index contributed by atoms with van der Waals surface area (Å²) in [4.78, 5) is 14.5. The Morgan fingerprint density at radius 2 is 2.35 bits per heavy atom. The molecule has 1 aliphatic heterocycles. The average molecular weight is 273 g/mol. The number of carbonyl (C=O) groups is 1. The van der Waals surface area contributed by atoms with Gasteiger partial charge in [-0.3, -0.25) is 4.79 Å². The van der Waals surface area contributed by atoms with E-state index in [9.17, 15) is 4.79 Å². The van der Waals surface area contributed by atoms with Gasteiger partial charge in [-0.2, -0.15) is 0 Å². The highest BCUT2D eigenvalue weighted by Gasteiger charge is 2.22. The molecule has 1 heterocycles. The minimum absolute atomic E-state index is 0.129. The quantitative estimate of drug-likeness (QED) is 0.788. The first kappa shape index (κ1) is 14.6. The maximum Gasteiger partial charge on any atom is 0.253 e. The number of allylic oxidation sites excluding steroid dienone is 1. The predicted molar refractivity (Wildman–Crippen MR) is 81.2 cm³/mol. The number of ether oxygens (including phenoxy) is 1. The molecule has 1 saturated heterocycles. The number of rotatable bonds is 4. The maximum atomic E-state index is 12.6. The summed E-state index contributed by atoms with van der Waals surface area (Å²) in [5.41, 5.74) is 1.76. The van der Waals surface area contributed by atoms with Crippen LogP contribution in [0.5, 0.6) is 5.75 Å². The number of amides is 1. The lowest BCUT2D eigenvalue weighted by molar-refractivity contribution is 0.0683. The molecule has 1 aromatic rings. The van der Waals surface area contributed by atoms with Gasteiger partial charge in [-0.15, -0.1) is 6.58 Å². The van der Waals surface area contributed by atoms with Crippen molar-refractivity contribution in [2.45, 2.75) is 26.2 Å². The van der Waals surface area contributed by atoms with Gasteiger partial charge in [0.25, 0.3) is 5.91 Å². The highest BCUT2D eigenvalue weighted by molar-refractivity contribution is 5.94. The summed E-state index contributed by atoms with van der Waals surface area (Å²) in [5, 5.41) is 0. The first-order valence-corrected chi connectivity index (χ1v) is 7.22. The van der Waals surface area contributed by atoms with Gasteiger partial charge >= 0.3 is 0 Å². The summed E-state index contributed by atoms with van der Waals surface area (Å²) in [6.45, 7) is 7.69. The zero-order valence-electron chi connectivity index (χ0n) is 12.4. The van der Waals surface area contributed by atoms with Gasteiger partial charge in [-0.25, -0.2) is 0 Å². The molecule has 0 N–H and O–H groups in total. The van der Waals surface area contributed by atoms with Gasteiger partial charge in [0.05, 0.1) is 7.11 Å². The molecule has 108 valence electrons. The third-order valence-corrected chi connectivity index (χ3v) is 3.84. The molecule has 3 nitrogen and oxygen atoms in total. The molecular formula is C17H23NO2. The first-order valence-electron chi connectivity index (χ1n) is 7.22. The number of methoxy groups -OCH3 is 1. The lowest BCUT2D eigenvalue weighted by Gasteiger charge is -2.31. The maximum absolute atomic E-state index is 12.6. The zero-order chi connectivity index (χ0) is 14.5. The Morgan fingerprint density at radius 3 is 3.00 bits per heavy atom. The van der Waals surface area contributed by atoms with Crippen molar-refractivity contribution in [2.75, 3.05) is 20.2 Å². The van der Waals surface area contributed by atoms with Crippen molar-refractivity contribution in [1.29, 1.82) is 0 Å². The van der Waals surface area contributed by atoms with Crippen LogP contribution < -0.4 is 4.74 Å². The van der Waals surface area contributed by atoms with E-state index in [0.717, 1.165) is 36.4 Å². The fraction of sp³-hybridized carbons (Fsp3) is 0.471. The van der Waals surface area contributed by atoms with Crippen LogP contribution in [0, 0.1) is 5.92 Å². The van der Waals surface area contributed by atoms with Crippen LogP contribution >= 0.6 is 0 Å². The molecule has 20 heavy (non-hydrogen) atoms. The molecule has 2 rings (SSSR count). The van der Waals surface area contributed by atoms with Crippen LogP contribution in [0.2, 0.25) is 0 Å². The molecule has 1 fully saturated rings. The van der Waals surface area contributed by atoms with E-state index in [1.807, 2.05) is 29.2 Å². The normalized spacial score (nSPS) is 18.7. The van der Waals surface area contributed by atoms with Crippen molar-refractivity contribution in [3.8, 4) is 5.75 Å². The summed E-state index contributed by atoms with van der Waals surface area (Å²) < 4.78 is 5.32. The summed E-state index contributed by atoms with van der Waals surface area (Å²) >= 11 is 0. The second kappa shape index (κ2) is 6.60. The van der Waals surface area contributed by atoms with Crippen LogP contribution in [0.1, 0.15) is 35.7 Å². The number of piperidine rings is 1. The van der Waals surface area contributed by atoms with Gasteiger partial charge < -0.3 is 9.64 Å². The van der Waals surface area contributed by atoms with Gasteiger partial charge in [-0.05, 0) is 48.9 Å². The molecule has 0 radical (unpaired) electrons. The Bertz CT molecular complexity index is 496. The lowest BCUT2D eigenvalue weighted by atomic mass is 9.99. The van der Waals surface area contributed by atoms with Crippen molar-refractivity contribution in [2.24, 2.45) is 5.92 Å². The van der Waals surface area contributed by atoms with E-state index in [4.69, 9.17) is 4.74 Å². The van der Waals surface area contributed by atoms with Crippen molar-refractivity contribution >= 4 is 5.91 Å². The Balaban J connectivity index is 2.21. The molecule has 1 unspecified atom stereocenters. The Morgan fingerprint density at radius 1 is 1.55 bits per heavy atom. The Labute approximate surface area is 121 Å². The van der Waals surface area contributed by atoms with Gasteiger partial charge in [0.15, 0.2) is 0 Å². The third kappa shape index (κ3) is 3.21. The number of likely N-dealkylation sites (tertiary alicyclic amines) is 1. The number of hydrogen-bond acceptors (Lipinski definition) is 2. The standard InChI is InChI=1S/C17H23NO2/c1-4-6-14-11-15(8-9-16(14)20-3)17(19)18-10-5-7-13(2)12-18/h4,8-9,11,13H,1,5-7,10,12H2,2-3H3. The summed E-state index contributed by atoms with van der Waals surface area (Å²) in [6.07, 6.45) is 4.85. The van der Waals surface area contributed by atoms with Crippen molar-refractivity contribution in [3.05, 3.63) is 42.0 Å². The van der Waals surface area contributed by atoms with E-state index < -0.39 is 0 Å². The SMILES string of the molecule is C=CCc1cc(C(=O)N2CCCC(C)C2)ccc1OC. The molecule has 0 aliphatic carbocycles. The molecular weight excluding hydrogens is 250 g/mol. The summed E-state index contributed by atoms with van der Waals surface area (Å²) in [6, 6.07) is 5.66. The second-order valence-electron chi connectivity index (χ2n) is 5.52. The van der Waals surface area contributed by atoms with E-state index in [1.165, 1.54) is 6.42 Å². The van der Waals surface area contributed by atoms with Crippen LogP contribution in [-0.4, -0.2) is 31.0 Å². The highest BCUT2D eigenvalue weighted by atomic mass is 16.5. The summed E-state index contributed by atoms with van der Waals surface area (Å²) in [7, 11) is 1.65. The van der Waals surface area contributed by atoms with Crippen molar-refractivity contribution in [3.63, 3.8) is 0 Å². The number of carbonyl (C=O) groups excluding carboxylic acids is 1. The molecule has 0 spiro atoms. The van der Waals surface area contributed by atoms with Gasteiger partial charge in [0, 0.05) is 18.7 Å². The minimum Gasteiger partial charge on any atom is -0.496 e. The molecule has 1 atom stereocenters. The van der Waals surface area contributed by atoms with Gasteiger partial charge in [0.1, 0.15) is 5.75 Å². The number of benzene rings is 1. The summed E-state index contributed by atoms with van der Waals surface area (Å²) in [5.74, 6) is 1.54. The molecule has 0 bridgehead atoms. The van der Waals surface area contributed by atoms with Crippen LogP contribution in [0.15, 0.2) is 30.9 Å². The smallest absolute Gasteiger partial charge is 0.253 e. The van der Waals surface area contributed by atoms with Crippen molar-refractivity contribution in [1.82, 2.24) is 4.90 Å². The monoisotopic (exact) mass is 273 g/mol. The van der Waals surface area contributed by atoms with Crippen LogP contribution in [-0.2, 0) is 6.42 Å². The van der Waals surface area contributed by atoms with Gasteiger partial charge in [-0.1, -0.05) is 13.0 Å². The molecule has 0 saturated carbocycles. The van der Waals surface area contributed by atoms with Gasteiger partial charge in [0.2, 0.25) is 0 Å². The van der Waals surface area contributed by atoms with Crippen LogP contribution in [0.3, 0.4) is 0 Å². The van der Waals surface area contributed by atoms with E-state index in [-0.39, 0.29) is 5.91 Å². The molecule has 0 aromatic heterocycles. The Hall–Kier alpha value is -1.77. The van der Waals surface area contributed by atoms with Crippen LogP contribution in [0.4, 0.5) is 0 Å². The second-order valence-corrected chi connectivity index (χ2v) is 5.52. The fourth-order valence-corrected chi connectivity index (χ4v) is 2.78. The molecule has 1 aliphatic rings. The molecule has 1 amide bonds. The Kier molecular flexibility index (Phi) is 4.83. The number of nitrogens with zero attached hydrogens (tertiary/aromatic N) is 1. The van der Waals surface area contributed by atoms with E-state index in [1.54, 1.807) is 7.11 Å². The van der Waals surface area contributed by atoms with Crippen molar-refractivity contribution < 1.29 is 9.53 Å². The minimum atomic E-state index is 0.129. The third-order valence-electron chi connectivity index (χ3n) is 3.84.